The fraction of sp³-hybridized carbons (Fsp3) is 0.158. The monoisotopic (exact) mass is 280 g/mol. The molecule has 0 bridgehead atoms. The van der Waals surface area contributed by atoms with E-state index in [4.69, 9.17) is 9.47 Å². The predicted molar refractivity (Wildman–Crippen MR) is 88.4 cm³/mol. The van der Waals surface area contributed by atoms with Crippen molar-refractivity contribution < 1.29 is 9.47 Å². The summed E-state index contributed by atoms with van der Waals surface area (Å²) >= 11 is 0. The second-order valence-corrected chi connectivity index (χ2v) is 4.48. The SMILES string of the molecule is C/C=C/c1ccccc1OCOc1ccccc1/C=C/C. The molecule has 2 aromatic carbocycles. The Morgan fingerprint density at radius 1 is 0.714 bits per heavy atom. The molecule has 0 heterocycles. The van der Waals surface area contributed by atoms with Crippen LogP contribution in [0.4, 0.5) is 0 Å². The Morgan fingerprint density at radius 2 is 1.14 bits per heavy atom. The number of rotatable bonds is 6. The summed E-state index contributed by atoms with van der Waals surface area (Å²) in [4.78, 5) is 0. The lowest BCUT2D eigenvalue weighted by atomic mass is 10.2. The Morgan fingerprint density at radius 3 is 1.57 bits per heavy atom. The van der Waals surface area contributed by atoms with Crippen molar-refractivity contribution in [3.05, 3.63) is 71.8 Å². The highest BCUT2D eigenvalue weighted by Gasteiger charge is 2.02. The lowest BCUT2D eigenvalue weighted by molar-refractivity contribution is 0.119. The van der Waals surface area contributed by atoms with E-state index in [9.17, 15) is 0 Å². The van der Waals surface area contributed by atoms with Crippen LogP contribution in [0.25, 0.3) is 12.2 Å². The van der Waals surface area contributed by atoms with E-state index in [1.54, 1.807) is 0 Å². The van der Waals surface area contributed by atoms with Gasteiger partial charge in [0.2, 0.25) is 6.79 Å². The van der Waals surface area contributed by atoms with Gasteiger partial charge < -0.3 is 9.47 Å². The van der Waals surface area contributed by atoms with Crippen molar-refractivity contribution >= 4 is 12.2 Å². The molecule has 0 spiro atoms. The summed E-state index contributed by atoms with van der Waals surface area (Å²) in [5.41, 5.74) is 2.09. The summed E-state index contributed by atoms with van der Waals surface area (Å²) in [6.07, 6.45) is 8.01. The molecule has 2 rings (SSSR count). The van der Waals surface area contributed by atoms with Crippen LogP contribution < -0.4 is 9.47 Å². The van der Waals surface area contributed by atoms with Crippen molar-refractivity contribution in [3.8, 4) is 11.5 Å². The third-order valence-electron chi connectivity index (χ3n) is 2.96. The molecule has 0 saturated heterocycles. The first-order chi connectivity index (χ1) is 10.3. The maximum Gasteiger partial charge on any atom is 0.230 e. The first-order valence-electron chi connectivity index (χ1n) is 7.04. The lowest BCUT2D eigenvalue weighted by Gasteiger charge is -2.12. The second-order valence-electron chi connectivity index (χ2n) is 4.48. The molecule has 2 nitrogen and oxygen atoms in total. The molecule has 0 unspecified atom stereocenters. The van der Waals surface area contributed by atoms with Crippen LogP contribution in [0.3, 0.4) is 0 Å². The van der Waals surface area contributed by atoms with Gasteiger partial charge in [0.15, 0.2) is 0 Å². The maximum atomic E-state index is 5.73. The molecule has 0 saturated carbocycles. The van der Waals surface area contributed by atoms with E-state index >= 15 is 0 Å². The average molecular weight is 280 g/mol. The molecule has 0 aliphatic rings. The molecule has 0 atom stereocenters. The number of ether oxygens (including phenoxy) is 2. The Kier molecular flexibility index (Phi) is 5.65. The quantitative estimate of drug-likeness (QED) is 0.680. The molecule has 0 aliphatic carbocycles. The normalized spacial score (nSPS) is 11.1. The maximum absolute atomic E-state index is 5.73. The van der Waals surface area contributed by atoms with E-state index in [-0.39, 0.29) is 6.79 Å². The van der Waals surface area contributed by atoms with E-state index in [1.165, 1.54) is 0 Å². The van der Waals surface area contributed by atoms with Crippen molar-refractivity contribution in [3.63, 3.8) is 0 Å². The smallest absolute Gasteiger partial charge is 0.230 e. The van der Waals surface area contributed by atoms with Gasteiger partial charge in [-0.05, 0) is 26.0 Å². The van der Waals surface area contributed by atoms with Gasteiger partial charge in [-0.2, -0.15) is 0 Å². The van der Waals surface area contributed by atoms with Gasteiger partial charge in [-0.3, -0.25) is 0 Å². The van der Waals surface area contributed by atoms with Crippen molar-refractivity contribution in [1.82, 2.24) is 0 Å². The van der Waals surface area contributed by atoms with E-state index < -0.39 is 0 Å². The van der Waals surface area contributed by atoms with E-state index in [1.807, 2.05) is 86.7 Å². The average Bonchev–Trinajstić information content (AvgIpc) is 2.51. The van der Waals surface area contributed by atoms with Crippen molar-refractivity contribution in [2.45, 2.75) is 13.8 Å². The second kappa shape index (κ2) is 7.95. The number of allylic oxidation sites excluding steroid dienone is 2. The molecular weight excluding hydrogens is 260 g/mol. The van der Waals surface area contributed by atoms with Crippen molar-refractivity contribution in [2.75, 3.05) is 6.79 Å². The highest BCUT2D eigenvalue weighted by atomic mass is 16.7. The summed E-state index contributed by atoms with van der Waals surface area (Å²) in [6.45, 7) is 4.16. The van der Waals surface area contributed by atoms with Gasteiger partial charge in [0, 0.05) is 11.1 Å². The highest BCUT2D eigenvalue weighted by molar-refractivity contribution is 5.57. The van der Waals surface area contributed by atoms with Crippen LogP contribution in [-0.2, 0) is 0 Å². The van der Waals surface area contributed by atoms with Gasteiger partial charge in [0.05, 0.1) is 0 Å². The number of hydrogen-bond acceptors (Lipinski definition) is 2. The van der Waals surface area contributed by atoms with Crippen LogP contribution in [0.5, 0.6) is 11.5 Å². The molecule has 0 aromatic heterocycles. The molecule has 0 fully saturated rings. The molecular formula is C19H20O2. The zero-order chi connectivity index (χ0) is 14.9. The molecule has 2 aromatic rings. The first-order valence-corrected chi connectivity index (χ1v) is 7.04. The number of hydrogen-bond donors (Lipinski definition) is 0. The highest BCUT2D eigenvalue weighted by Crippen LogP contribution is 2.22. The molecule has 0 aliphatic heterocycles. The van der Waals surface area contributed by atoms with E-state index in [0.29, 0.717) is 0 Å². The Balaban J connectivity index is 2.02. The molecule has 2 heteroatoms. The summed E-state index contributed by atoms with van der Waals surface area (Å²) in [7, 11) is 0. The number of benzene rings is 2. The van der Waals surface area contributed by atoms with Crippen LogP contribution in [-0.4, -0.2) is 6.79 Å². The van der Waals surface area contributed by atoms with Gasteiger partial charge in [0.1, 0.15) is 11.5 Å². The van der Waals surface area contributed by atoms with Crippen LogP contribution in [0.2, 0.25) is 0 Å². The van der Waals surface area contributed by atoms with Crippen LogP contribution >= 0.6 is 0 Å². The largest absolute Gasteiger partial charge is 0.457 e. The summed E-state index contributed by atoms with van der Waals surface area (Å²) < 4.78 is 11.5. The first kappa shape index (κ1) is 14.9. The third kappa shape index (κ3) is 4.25. The van der Waals surface area contributed by atoms with E-state index in [2.05, 4.69) is 0 Å². The van der Waals surface area contributed by atoms with Crippen LogP contribution in [0.15, 0.2) is 60.7 Å². The molecule has 108 valence electrons. The van der Waals surface area contributed by atoms with Gasteiger partial charge >= 0.3 is 0 Å². The molecule has 0 N–H and O–H groups in total. The predicted octanol–water partition coefficient (Wildman–Crippen LogP) is 5.17. The van der Waals surface area contributed by atoms with Crippen molar-refractivity contribution in [1.29, 1.82) is 0 Å². The molecule has 0 amide bonds. The standard InChI is InChI=1S/C19H20O2/c1-3-9-16-11-5-7-13-18(16)20-15-21-19-14-8-6-12-17(19)10-4-2/h3-14H,15H2,1-2H3/b9-3+,10-4+. The fourth-order valence-electron chi connectivity index (χ4n) is 2.01. The van der Waals surface area contributed by atoms with Gasteiger partial charge in [-0.1, -0.05) is 60.7 Å². The Hall–Kier alpha value is -2.48. The van der Waals surface area contributed by atoms with E-state index in [0.717, 1.165) is 22.6 Å². The molecule has 0 radical (unpaired) electrons. The fourth-order valence-corrected chi connectivity index (χ4v) is 2.01. The van der Waals surface area contributed by atoms with Crippen LogP contribution in [0, 0.1) is 0 Å². The molecule has 21 heavy (non-hydrogen) atoms. The number of para-hydroxylation sites is 2. The van der Waals surface area contributed by atoms with Gasteiger partial charge in [-0.15, -0.1) is 0 Å². The Bertz CT molecular complexity index is 571. The zero-order valence-electron chi connectivity index (χ0n) is 12.5. The topological polar surface area (TPSA) is 18.5 Å². The van der Waals surface area contributed by atoms with Gasteiger partial charge in [-0.25, -0.2) is 0 Å². The van der Waals surface area contributed by atoms with Gasteiger partial charge in [0.25, 0.3) is 0 Å². The minimum absolute atomic E-state index is 0.184. The van der Waals surface area contributed by atoms with Crippen LogP contribution in [0.1, 0.15) is 25.0 Å². The minimum Gasteiger partial charge on any atom is -0.457 e. The lowest BCUT2D eigenvalue weighted by Crippen LogP contribution is -2.07. The summed E-state index contributed by atoms with van der Waals surface area (Å²) in [5.74, 6) is 1.64. The third-order valence-corrected chi connectivity index (χ3v) is 2.96. The summed E-state index contributed by atoms with van der Waals surface area (Å²) in [6, 6.07) is 15.8. The Labute approximate surface area is 126 Å². The van der Waals surface area contributed by atoms with Crippen molar-refractivity contribution in [2.24, 2.45) is 0 Å². The minimum atomic E-state index is 0.184. The summed E-state index contributed by atoms with van der Waals surface area (Å²) in [5, 5.41) is 0. The zero-order valence-corrected chi connectivity index (χ0v) is 12.5.